The first-order valence-corrected chi connectivity index (χ1v) is 6.97. The van der Waals surface area contributed by atoms with E-state index < -0.39 is 0 Å². The molecule has 0 aliphatic carbocycles. The Balaban J connectivity index is 2.12. The van der Waals surface area contributed by atoms with Crippen LogP contribution in [0.4, 0.5) is 10.6 Å². The first-order chi connectivity index (χ1) is 9.50. The third-order valence-corrected chi connectivity index (χ3v) is 4.14. The molecule has 106 valence electrons. The minimum absolute atomic E-state index is 0.0326. The molecule has 0 saturated carbocycles. The van der Waals surface area contributed by atoms with Gasteiger partial charge in [-0.05, 0) is 18.4 Å². The average Bonchev–Trinajstić information content (AvgIpc) is 2.96. The van der Waals surface area contributed by atoms with Gasteiger partial charge >= 0.3 is 6.03 Å². The summed E-state index contributed by atoms with van der Waals surface area (Å²) >= 11 is 1.59. The quantitative estimate of drug-likeness (QED) is 0.941. The number of hydrogen-bond acceptors (Lipinski definition) is 4. The van der Waals surface area contributed by atoms with Crippen molar-refractivity contribution in [3.63, 3.8) is 0 Å². The number of amides is 2. The van der Waals surface area contributed by atoms with Gasteiger partial charge in [-0.15, -0.1) is 11.3 Å². The van der Waals surface area contributed by atoms with Crippen molar-refractivity contribution in [2.24, 2.45) is 7.05 Å². The van der Waals surface area contributed by atoms with Crippen LogP contribution in [0.15, 0.2) is 34.7 Å². The number of urea groups is 1. The van der Waals surface area contributed by atoms with Crippen molar-refractivity contribution in [2.45, 2.75) is 13.0 Å². The Bertz CT molecular complexity index is 651. The number of nitrogens with zero attached hydrogens (tertiary/aromatic N) is 3. The van der Waals surface area contributed by atoms with Gasteiger partial charge in [0.15, 0.2) is 0 Å². The van der Waals surface area contributed by atoms with Crippen LogP contribution in [0.3, 0.4) is 0 Å². The van der Waals surface area contributed by atoms with Gasteiger partial charge in [-0.2, -0.15) is 0 Å². The normalized spacial score (nSPS) is 11.9. The Morgan fingerprint density at radius 1 is 1.55 bits per heavy atom. The van der Waals surface area contributed by atoms with Gasteiger partial charge in [0.25, 0.3) is 5.56 Å². The van der Waals surface area contributed by atoms with Crippen molar-refractivity contribution >= 4 is 23.2 Å². The van der Waals surface area contributed by atoms with Crippen molar-refractivity contribution in [3.8, 4) is 0 Å². The third-order valence-electron chi connectivity index (χ3n) is 3.10. The van der Waals surface area contributed by atoms with E-state index in [1.54, 1.807) is 30.3 Å². The summed E-state index contributed by atoms with van der Waals surface area (Å²) in [5.41, 5.74) is -0.335. The molecule has 2 aromatic rings. The molecule has 2 rings (SSSR count). The molecule has 2 amide bonds. The second kappa shape index (κ2) is 5.87. The lowest BCUT2D eigenvalue weighted by molar-refractivity contribution is 0.209. The maximum Gasteiger partial charge on any atom is 0.323 e. The number of carbonyl (C=O) groups is 1. The molecule has 0 saturated heterocycles. The molecule has 0 bridgehead atoms. The monoisotopic (exact) mass is 292 g/mol. The fraction of sp³-hybridized carbons (Fsp3) is 0.308. The van der Waals surface area contributed by atoms with Crippen LogP contribution < -0.4 is 10.9 Å². The van der Waals surface area contributed by atoms with Crippen molar-refractivity contribution in [3.05, 3.63) is 45.1 Å². The molecule has 0 fully saturated rings. The highest BCUT2D eigenvalue weighted by Gasteiger charge is 2.19. The van der Waals surface area contributed by atoms with Crippen LogP contribution in [0.5, 0.6) is 0 Å². The van der Waals surface area contributed by atoms with Crippen molar-refractivity contribution in [1.29, 1.82) is 0 Å². The Hall–Kier alpha value is -2.15. The van der Waals surface area contributed by atoms with Crippen LogP contribution in [0, 0.1) is 0 Å². The highest BCUT2D eigenvalue weighted by atomic mass is 32.1. The number of thiophene rings is 1. The smallest absolute Gasteiger partial charge is 0.320 e. The highest BCUT2D eigenvalue weighted by molar-refractivity contribution is 7.10. The minimum atomic E-state index is -0.360. The van der Waals surface area contributed by atoms with Crippen LogP contribution in [-0.4, -0.2) is 27.5 Å². The molecule has 1 unspecified atom stereocenters. The standard InChI is InChI=1S/C13H16N4O2S/c1-9(10-5-4-8-20-10)17(3)13(19)15-11-12(18)16(2)7-6-14-11/h4-9H,1-3H3,(H,14,15,19). The van der Waals surface area contributed by atoms with Crippen LogP contribution >= 0.6 is 11.3 Å². The zero-order valence-corrected chi connectivity index (χ0v) is 12.3. The molecule has 7 heteroatoms. The number of hydrogen-bond donors (Lipinski definition) is 1. The van der Waals surface area contributed by atoms with Gasteiger partial charge in [0.05, 0.1) is 6.04 Å². The Labute approximate surface area is 120 Å². The van der Waals surface area contributed by atoms with Crippen molar-refractivity contribution < 1.29 is 4.79 Å². The molecule has 0 aliphatic rings. The van der Waals surface area contributed by atoms with E-state index in [0.717, 1.165) is 4.88 Å². The van der Waals surface area contributed by atoms with E-state index in [2.05, 4.69) is 10.3 Å². The van der Waals surface area contributed by atoms with E-state index in [4.69, 9.17) is 0 Å². The molecule has 1 atom stereocenters. The van der Waals surface area contributed by atoms with Crippen LogP contribution in [0.25, 0.3) is 0 Å². The predicted molar refractivity (Wildman–Crippen MR) is 79.0 cm³/mol. The van der Waals surface area contributed by atoms with Gasteiger partial charge in [-0.25, -0.2) is 9.78 Å². The van der Waals surface area contributed by atoms with Crippen molar-refractivity contribution in [1.82, 2.24) is 14.5 Å². The third kappa shape index (κ3) is 2.88. The van der Waals surface area contributed by atoms with E-state index in [1.165, 1.54) is 17.0 Å². The predicted octanol–water partition coefficient (Wildman–Crippen LogP) is 2.07. The van der Waals surface area contributed by atoms with E-state index >= 15 is 0 Å². The van der Waals surface area contributed by atoms with Crippen LogP contribution in [0.2, 0.25) is 0 Å². The number of rotatable bonds is 3. The number of aromatic nitrogens is 2. The maximum absolute atomic E-state index is 12.1. The van der Waals surface area contributed by atoms with Gasteiger partial charge in [-0.1, -0.05) is 6.07 Å². The lowest BCUT2D eigenvalue weighted by Crippen LogP contribution is -2.36. The summed E-state index contributed by atoms with van der Waals surface area (Å²) in [4.78, 5) is 30.5. The second-order valence-corrected chi connectivity index (χ2v) is 5.40. The van der Waals surface area contributed by atoms with Crippen LogP contribution in [0.1, 0.15) is 17.8 Å². The van der Waals surface area contributed by atoms with Crippen molar-refractivity contribution in [2.75, 3.05) is 12.4 Å². The molecule has 6 nitrogen and oxygen atoms in total. The number of carbonyl (C=O) groups excluding carboxylic acids is 1. The first kappa shape index (κ1) is 14.3. The lowest BCUT2D eigenvalue weighted by Gasteiger charge is -2.24. The summed E-state index contributed by atoms with van der Waals surface area (Å²) < 4.78 is 1.37. The van der Waals surface area contributed by atoms with E-state index in [0.29, 0.717) is 0 Å². The molecule has 1 N–H and O–H groups in total. The topological polar surface area (TPSA) is 67.2 Å². The summed E-state index contributed by atoms with van der Waals surface area (Å²) in [6, 6.07) is 3.49. The number of nitrogens with one attached hydrogen (secondary N) is 1. The summed E-state index contributed by atoms with van der Waals surface area (Å²) in [5, 5.41) is 4.51. The molecular weight excluding hydrogens is 276 g/mol. The SMILES string of the molecule is CC(c1cccs1)N(C)C(=O)Nc1nccn(C)c1=O. The molecule has 2 aromatic heterocycles. The molecule has 0 radical (unpaired) electrons. The highest BCUT2D eigenvalue weighted by Crippen LogP contribution is 2.23. The summed E-state index contributed by atoms with van der Waals surface area (Å²) in [5.74, 6) is 0.0326. The Morgan fingerprint density at radius 2 is 2.30 bits per heavy atom. The van der Waals surface area contributed by atoms with Gasteiger partial charge in [-0.3, -0.25) is 10.1 Å². The molecule has 20 heavy (non-hydrogen) atoms. The zero-order chi connectivity index (χ0) is 14.7. The fourth-order valence-electron chi connectivity index (χ4n) is 1.67. The molecule has 0 aliphatic heterocycles. The fourth-order valence-corrected chi connectivity index (χ4v) is 2.50. The Morgan fingerprint density at radius 3 is 2.95 bits per heavy atom. The van der Waals surface area contributed by atoms with E-state index in [-0.39, 0.29) is 23.5 Å². The first-order valence-electron chi connectivity index (χ1n) is 6.09. The summed E-state index contributed by atoms with van der Waals surface area (Å²) in [6.07, 6.45) is 3.01. The molecule has 0 aromatic carbocycles. The summed E-state index contributed by atoms with van der Waals surface area (Å²) in [6.45, 7) is 1.93. The second-order valence-electron chi connectivity index (χ2n) is 4.42. The maximum atomic E-state index is 12.1. The molecule has 2 heterocycles. The number of aryl methyl sites for hydroxylation is 1. The minimum Gasteiger partial charge on any atom is -0.320 e. The largest absolute Gasteiger partial charge is 0.323 e. The molecular formula is C13H16N4O2S. The van der Waals surface area contributed by atoms with Gasteiger partial charge in [0.2, 0.25) is 5.82 Å². The van der Waals surface area contributed by atoms with Gasteiger partial charge < -0.3 is 9.47 Å². The Kier molecular flexibility index (Phi) is 4.19. The lowest BCUT2D eigenvalue weighted by atomic mass is 10.2. The van der Waals surface area contributed by atoms with Gasteiger partial charge in [0.1, 0.15) is 0 Å². The zero-order valence-electron chi connectivity index (χ0n) is 11.5. The molecule has 0 spiro atoms. The average molecular weight is 292 g/mol. The number of anilines is 1. The summed E-state index contributed by atoms with van der Waals surface area (Å²) in [7, 11) is 3.30. The van der Waals surface area contributed by atoms with E-state index in [9.17, 15) is 9.59 Å². The van der Waals surface area contributed by atoms with E-state index in [1.807, 2.05) is 24.4 Å². The van der Waals surface area contributed by atoms with Crippen LogP contribution in [-0.2, 0) is 7.05 Å². The van der Waals surface area contributed by atoms with Gasteiger partial charge in [0, 0.05) is 31.4 Å².